The molecule has 3 aromatic rings. The molecule has 2 N–H and O–H groups in total. The predicted molar refractivity (Wildman–Crippen MR) is 77.1 cm³/mol. The molecule has 3 rings (SSSR count). The van der Waals surface area contributed by atoms with Gasteiger partial charge in [-0.2, -0.15) is 5.10 Å². The van der Waals surface area contributed by atoms with Gasteiger partial charge in [0.15, 0.2) is 0 Å². The average molecular weight is 252 g/mol. The van der Waals surface area contributed by atoms with E-state index in [9.17, 15) is 0 Å². The van der Waals surface area contributed by atoms with Crippen molar-refractivity contribution in [3.05, 3.63) is 53.5 Å². The largest absolute Gasteiger partial charge is 0.379 e. The molecule has 0 aliphatic heterocycles. The summed E-state index contributed by atoms with van der Waals surface area (Å²) in [6.07, 6.45) is 1.85. The lowest BCUT2D eigenvalue weighted by atomic mass is 10.1. The van der Waals surface area contributed by atoms with Crippen LogP contribution in [0.5, 0.6) is 0 Å². The monoisotopic (exact) mass is 252 g/mol. The molecule has 2 aromatic heterocycles. The molecular formula is C15H16N4. The third kappa shape index (κ3) is 2.29. The number of pyridine rings is 1. The molecule has 0 radical (unpaired) electrons. The second-order valence-corrected chi connectivity index (χ2v) is 4.70. The van der Waals surface area contributed by atoms with Crippen LogP contribution in [-0.2, 0) is 6.54 Å². The topological polar surface area (TPSA) is 53.6 Å². The van der Waals surface area contributed by atoms with Crippen LogP contribution in [0.3, 0.4) is 0 Å². The Labute approximate surface area is 111 Å². The molecular weight excluding hydrogens is 236 g/mol. The van der Waals surface area contributed by atoms with Crippen LogP contribution in [0.1, 0.15) is 17.0 Å². The highest BCUT2D eigenvalue weighted by Crippen LogP contribution is 2.22. The zero-order valence-electron chi connectivity index (χ0n) is 11.1. The van der Waals surface area contributed by atoms with E-state index in [1.54, 1.807) is 0 Å². The van der Waals surface area contributed by atoms with Crippen molar-refractivity contribution < 1.29 is 0 Å². The molecule has 0 aliphatic carbocycles. The number of nitrogens with zero attached hydrogens (tertiary/aromatic N) is 2. The molecule has 0 saturated carbocycles. The summed E-state index contributed by atoms with van der Waals surface area (Å²) in [5, 5.41) is 11.6. The van der Waals surface area contributed by atoms with Crippen LogP contribution in [0.2, 0.25) is 0 Å². The van der Waals surface area contributed by atoms with Crippen molar-refractivity contribution in [1.82, 2.24) is 15.2 Å². The van der Waals surface area contributed by atoms with Crippen molar-refractivity contribution in [1.29, 1.82) is 0 Å². The Balaban J connectivity index is 1.92. The van der Waals surface area contributed by atoms with E-state index in [2.05, 4.69) is 38.7 Å². The second-order valence-electron chi connectivity index (χ2n) is 4.70. The van der Waals surface area contributed by atoms with E-state index >= 15 is 0 Å². The Bertz CT molecular complexity index is 715. The lowest BCUT2D eigenvalue weighted by Gasteiger charge is -2.09. The van der Waals surface area contributed by atoms with E-state index < -0.39 is 0 Å². The number of para-hydroxylation sites is 1. The summed E-state index contributed by atoms with van der Waals surface area (Å²) in [7, 11) is 0. The number of anilines is 1. The minimum atomic E-state index is 0.747. The number of hydrogen-bond donors (Lipinski definition) is 2. The SMILES string of the molecule is Cc1ccc2cccc(NCc3cn[nH]c3C)c2n1. The van der Waals surface area contributed by atoms with E-state index in [0.29, 0.717) is 0 Å². The first-order valence-corrected chi connectivity index (χ1v) is 6.33. The zero-order chi connectivity index (χ0) is 13.2. The molecule has 0 bridgehead atoms. The number of aryl methyl sites for hydroxylation is 2. The molecule has 2 heterocycles. The van der Waals surface area contributed by atoms with Crippen LogP contribution in [0.25, 0.3) is 10.9 Å². The number of benzene rings is 1. The molecule has 0 unspecified atom stereocenters. The lowest BCUT2D eigenvalue weighted by molar-refractivity contribution is 1.04. The standard InChI is InChI=1S/C15H16N4/c1-10-6-7-12-4-3-5-14(15(12)18-10)16-8-13-9-17-19-11(13)2/h3-7,9,16H,8H2,1-2H3,(H,17,19). The molecule has 0 atom stereocenters. The molecule has 0 fully saturated rings. The first-order chi connectivity index (χ1) is 9.24. The molecule has 0 aliphatic rings. The number of rotatable bonds is 3. The minimum Gasteiger partial charge on any atom is -0.379 e. The zero-order valence-corrected chi connectivity index (χ0v) is 11.1. The number of aromatic amines is 1. The smallest absolute Gasteiger partial charge is 0.0936 e. The highest BCUT2D eigenvalue weighted by Gasteiger charge is 2.04. The summed E-state index contributed by atoms with van der Waals surface area (Å²) in [6.45, 7) is 4.78. The van der Waals surface area contributed by atoms with E-state index in [1.807, 2.05) is 32.2 Å². The normalized spacial score (nSPS) is 10.8. The van der Waals surface area contributed by atoms with Gasteiger partial charge in [0.2, 0.25) is 0 Å². The fourth-order valence-electron chi connectivity index (χ4n) is 2.13. The van der Waals surface area contributed by atoms with Gasteiger partial charge in [-0.15, -0.1) is 0 Å². The second kappa shape index (κ2) is 4.72. The van der Waals surface area contributed by atoms with Gasteiger partial charge in [-0.3, -0.25) is 10.1 Å². The highest BCUT2D eigenvalue weighted by atomic mass is 15.1. The van der Waals surface area contributed by atoms with Crippen molar-refractivity contribution in [2.45, 2.75) is 20.4 Å². The third-order valence-electron chi connectivity index (χ3n) is 3.26. The van der Waals surface area contributed by atoms with Gasteiger partial charge in [0.25, 0.3) is 0 Å². The van der Waals surface area contributed by atoms with Gasteiger partial charge >= 0.3 is 0 Å². The van der Waals surface area contributed by atoms with Gasteiger partial charge in [0.1, 0.15) is 0 Å². The van der Waals surface area contributed by atoms with Crippen LogP contribution >= 0.6 is 0 Å². The summed E-state index contributed by atoms with van der Waals surface area (Å²) in [5.41, 5.74) is 5.37. The maximum atomic E-state index is 4.61. The number of aromatic nitrogens is 3. The Hall–Kier alpha value is -2.36. The Morgan fingerprint density at radius 1 is 1.16 bits per heavy atom. The van der Waals surface area contributed by atoms with Gasteiger partial charge in [-0.25, -0.2) is 0 Å². The van der Waals surface area contributed by atoms with Crippen LogP contribution in [0.4, 0.5) is 5.69 Å². The first kappa shape index (κ1) is 11.7. The Morgan fingerprint density at radius 3 is 2.84 bits per heavy atom. The van der Waals surface area contributed by atoms with Crippen LogP contribution in [0, 0.1) is 13.8 Å². The summed E-state index contributed by atoms with van der Waals surface area (Å²) in [6, 6.07) is 10.3. The van der Waals surface area contributed by atoms with E-state index in [4.69, 9.17) is 0 Å². The summed E-state index contributed by atoms with van der Waals surface area (Å²) in [4.78, 5) is 4.61. The number of hydrogen-bond acceptors (Lipinski definition) is 3. The van der Waals surface area contributed by atoms with Gasteiger partial charge in [-0.05, 0) is 26.0 Å². The van der Waals surface area contributed by atoms with Gasteiger partial charge < -0.3 is 5.32 Å². The van der Waals surface area contributed by atoms with Gasteiger partial charge in [-0.1, -0.05) is 18.2 Å². The molecule has 1 aromatic carbocycles. The summed E-state index contributed by atoms with van der Waals surface area (Å²) < 4.78 is 0. The maximum absolute atomic E-state index is 4.61. The fraction of sp³-hybridized carbons (Fsp3) is 0.200. The van der Waals surface area contributed by atoms with E-state index in [1.165, 1.54) is 5.56 Å². The Kier molecular flexibility index (Phi) is 2.91. The number of fused-ring (bicyclic) bond motifs is 1. The lowest BCUT2D eigenvalue weighted by Crippen LogP contribution is -2.01. The van der Waals surface area contributed by atoms with Crippen LogP contribution in [-0.4, -0.2) is 15.2 Å². The van der Waals surface area contributed by atoms with Crippen LogP contribution in [0.15, 0.2) is 36.5 Å². The molecule has 0 amide bonds. The molecule has 19 heavy (non-hydrogen) atoms. The minimum absolute atomic E-state index is 0.747. The molecule has 4 heteroatoms. The molecule has 0 spiro atoms. The molecule has 4 nitrogen and oxygen atoms in total. The summed E-state index contributed by atoms with van der Waals surface area (Å²) >= 11 is 0. The van der Waals surface area contributed by atoms with Gasteiger partial charge in [0.05, 0.1) is 17.4 Å². The van der Waals surface area contributed by atoms with Crippen molar-refractivity contribution >= 4 is 16.6 Å². The van der Waals surface area contributed by atoms with Gasteiger partial charge in [0, 0.05) is 28.9 Å². The third-order valence-corrected chi connectivity index (χ3v) is 3.26. The molecule has 96 valence electrons. The predicted octanol–water partition coefficient (Wildman–Crippen LogP) is 3.19. The quantitative estimate of drug-likeness (QED) is 0.752. The first-order valence-electron chi connectivity index (χ1n) is 6.33. The van der Waals surface area contributed by atoms with E-state index in [-0.39, 0.29) is 0 Å². The number of H-pyrrole nitrogens is 1. The van der Waals surface area contributed by atoms with Crippen molar-refractivity contribution in [2.75, 3.05) is 5.32 Å². The highest BCUT2D eigenvalue weighted by molar-refractivity contribution is 5.90. The van der Waals surface area contributed by atoms with Crippen molar-refractivity contribution in [3.8, 4) is 0 Å². The van der Waals surface area contributed by atoms with E-state index in [0.717, 1.165) is 34.5 Å². The maximum Gasteiger partial charge on any atom is 0.0936 e. The Morgan fingerprint density at radius 2 is 2.05 bits per heavy atom. The van der Waals surface area contributed by atoms with Crippen molar-refractivity contribution in [3.63, 3.8) is 0 Å². The average Bonchev–Trinajstić information content (AvgIpc) is 2.82. The summed E-state index contributed by atoms with van der Waals surface area (Å²) in [5.74, 6) is 0. The molecule has 0 saturated heterocycles. The fourth-order valence-corrected chi connectivity index (χ4v) is 2.13. The van der Waals surface area contributed by atoms with Crippen LogP contribution < -0.4 is 5.32 Å². The van der Waals surface area contributed by atoms with Crippen molar-refractivity contribution in [2.24, 2.45) is 0 Å². The number of nitrogens with one attached hydrogen (secondary N) is 2.